The van der Waals surface area contributed by atoms with Gasteiger partial charge in [-0.05, 0) is 52.8 Å². The van der Waals surface area contributed by atoms with Gasteiger partial charge in [0, 0.05) is 10.7 Å². The Bertz CT molecular complexity index is 888. The summed E-state index contributed by atoms with van der Waals surface area (Å²) in [6.45, 7) is 0. The standard InChI is InChI=1S/C19H15ClN2OS/c20-15-8-10-16(11-9-15)21-19(24)22-18(23)12-14-6-3-5-13-4-1-2-7-17(13)14/h1-11H,12H2,(H2,21,22,23,24). The van der Waals surface area contributed by atoms with Crippen molar-refractivity contribution in [1.29, 1.82) is 0 Å². The molecule has 3 aromatic carbocycles. The van der Waals surface area contributed by atoms with E-state index in [1.807, 2.05) is 42.5 Å². The molecule has 0 aliphatic carbocycles. The Morgan fingerprint density at radius 2 is 1.67 bits per heavy atom. The highest BCUT2D eigenvalue weighted by Crippen LogP contribution is 2.19. The van der Waals surface area contributed by atoms with Crippen LogP contribution >= 0.6 is 23.8 Å². The van der Waals surface area contributed by atoms with E-state index in [-0.39, 0.29) is 17.4 Å². The van der Waals surface area contributed by atoms with E-state index in [1.54, 1.807) is 24.3 Å². The number of benzene rings is 3. The molecule has 2 N–H and O–H groups in total. The van der Waals surface area contributed by atoms with Gasteiger partial charge in [0.15, 0.2) is 5.11 Å². The number of anilines is 1. The van der Waals surface area contributed by atoms with Gasteiger partial charge >= 0.3 is 0 Å². The summed E-state index contributed by atoms with van der Waals surface area (Å²) >= 11 is 11.0. The summed E-state index contributed by atoms with van der Waals surface area (Å²) in [5.74, 6) is -0.155. The van der Waals surface area contributed by atoms with Crippen LogP contribution in [0.15, 0.2) is 66.7 Å². The Balaban J connectivity index is 1.64. The van der Waals surface area contributed by atoms with Crippen molar-refractivity contribution < 1.29 is 4.79 Å². The van der Waals surface area contributed by atoms with Crippen molar-refractivity contribution in [2.75, 3.05) is 5.32 Å². The molecule has 0 saturated carbocycles. The highest BCUT2D eigenvalue weighted by molar-refractivity contribution is 7.80. The molecule has 0 atom stereocenters. The maximum absolute atomic E-state index is 12.3. The molecule has 0 spiro atoms. The summed E-state index contributed by atoms with van der Waals surface area (Å²) in [6.07, 6.45) is 0.268. The molecule has 24 heavy (non-hydrogen) atoms. The predicted octanol–water partition coefficient (Wildman–Crippen LogP) is 4.55. The first-order valence-electron chi connectivity index (χ1n) is 7.45. The van der Waals surface area contributed by atoms with E-state index in [0.717, 1.165) is 22.0 Å². The van der Waals surface area contributed by atoms with Crippen LogP contribution in [0.1, 0.15) is 5.56 Å². The van der Waals surface area contributed by atoms with Gasteiger partial charge < -0.3 is 10.6 Å². The van der Waals surface area contributed by atoms with Crippen LogP contribution in [-0.2, 0) is 11.2 Å². The molecule has 0 heterocycles. The number of hydrogen-bond acceptors (Lipinski definition) is 2. The highest BCUT2D eigenvalue weighted by Gasteiger charge is 2.08. The summed E-state index contributed by atoms with van der Waals surface area (Å²) in [5.41, 5.74) is 1.75. The quantitative estimate of drug-likeness (QED) is 0.678. The average Bonchev–Trinajstić information content (AvgIpc) is 2.57. The topological polar surface area (TPSA) is 41.1 Å². The SMILES string of the molecule is O=C(Cc1cccc2ccccc12)NC(=S)Nc1ccc(Cl)cc1. The first kappa shape index (κ1) is 16.4. The first-order valence-corrected chi connectivity index (χ1v) is 8.23. The zero-order valence-electron chi connectivity index (χ0n) is 12.8. The van der Waals surface area contributed by atoms with E-state index < -0.39 is 0 Å². The predicted molar refractivity (Wildman–Crippen MR) is 103 cm³/mol. The van der Waals surface area contributed by atoms with Crippen molar-refractivity contribution in [2.45, 2.75) is 6.42 Å². The number of nitrogens with one attached hydrogen (secondary N) is 2. The van der Waals surface area contributed by atoms with Gasteiger partial charge in [-0.3, -0.25) is 4.79 Å². The lowest BCUT2D eigenvalue weighted by Crippen LogP contribution is -2.35. The van der Waals surface area contributed by atoms with Crippen LogP contribution < -0.4 is 10.6 Å². The molecule has 0 unspecified atom stereocenters. The largest absolute Gasteiger partial charge is 0.332 e. The van der Waals surface area contributed by atoms with E-state index in [0.29, 0.717) is 5.02 Å². The average molecular weight is 355 g/mol. The first-order chi connectivity index (χ1) is 11.6. The molecule has 1 amide bonds. The lowest BCUT2D eigenvalue weighted by Gasteiger charge is -2.10. The fourth-order valence-electron chi connectivity index (χ4n) is 2.49. The molecular weight excluding hydrogens is 340 g/mol. The van der Waals surface area contributed by atoms with Crippen LogP contribution in [0, 0.1) is 0 Å². The molecule has 3 aromatic rings. The molecule has 0 aromatic heterocycles. The molecule has 0 saturated heterocycles. The molecule has 0 bridgehead atoms. The second-order valence-electron chi connectivity index (χ2n) is 5.32. The molecule has 3 rings (SSSR count). The Kier molecular flexibility index (Phi) is 5.08. The molecule has 5 heteroatoms. The van der Waals surface area contributed by atoms with Crippen molar-refractivity contribution in [3.8, 4) is 0 Å². The van der Waals surface area contributed by atoms with E-state index in [4.69, 9.17) is 23.8 Å². The molecule has 120 valence electrons. The maximum Gasteiger partial charge on any atom is 0.230 e. The summed E-state index contributed by atoms with van der Waals surface area (Å²) in [4.78, 5) is 12.3. The van der Waals surface area contributed by atoms with Gasteiger partial charge in [-0.25, -0.2) is 0 Å². The van der Waals surface area contributed by atoms with Crippen molar-refractivity contribution >= 4 is 51.3 Å². The molecule has 0 aliphatic heterocycles. The fraction of sp³-hybridized carbons (Fsp3) is 0.0526. The molecule has 0 radical (unpaired) electrons. The number of carbonyl (C=O) groups is 1. The number of fused-ring (bicyclic) bond motifs is 1. The van der Waals surface area contributed by atoms with Gasteiger partial charge in [0.05, 0.1) is 6.42 Å². The molecule has 0 fully saturated rings. The van der Waals surface area contributed by atoms with Crippen molar-refractivity contribution in [3.05, 3.63) is 77.3 Å². The number of rotatable bonds is 3. The second kappa shape index (κ2) is 7.43. The minimum Gasteiger partial charge on any atom is -0.332 e. The number of thiocarbonyl (C=S) groups is 1. The third kappa shape index (κ3) is 4.10. The van der Waals surface area contributed by atoms with Crippen LogP contribution in [0.3, 0.4) is 0 Å². The van der Waals surface area contributed by atoms with Crippen molar-refractivity contribution in [3.63, 3.8) is 0 Å². The monoisotopic (exact) mass is 354 g/mol. The van der Waals surface area contributed by atoms with E-state index in [2.05, 4.69) is 10.6 Å². The minimum atomic E-state index is -0.155. The van der Waals surface area contributed by atoms with E-state index in [1.165, 1.54) is 0 Å². The van der Waals surface area contributed by atoms with Gasteiger partial charge in [0.1, 0.15) is 0 Å². The Labute approximate surface area is 150 Å². The van der Waals surface area contributed by atoms with Crippen LogP contribution in [-0.4, -0.2) is 11.0 Å². The van der Waals surface area contributed by atoms with Crippen molar-refractivity contribution in [2.24, 2.45) is 0 Å². The number of carbonyl (C=O) groups excluding carboxylic acids is 1. The number of amides is 1. The van der Waals surface area contributed by atoms with Gasteiger partial charge in [0.2, 0.25) is 5.91 Å². The minimum absolute atomic E-state index is 0.155. The zero-order chi connectivity index (χ0) is 16.9. The summed E-state index contributed by atoms with van der Waals surface area (Å²) < 4.78 is 0. The van der Waals surface area contributed by atoms with Crippen LogP contribution in [0.25, 0.3) is 10.8 Å². The lowest BCUT2D eigenvalue weighted by atomic mass is 10.0. The number of halogens is 1. The summed E-state index contributed by atoms with van der Waals surface area (Å²) in [7, 11) is 0. The Morgan fingerprint density at radius 3 is 2.46 bits per heavy atom. The number of hydrogen-bond donors (Lipinski definition) is 2. The normalized spacial score (nSPS) is 10.4. The van der Waals surface area contributed by atoms with Gasteiger partial charge in [-0.15, -0.1) is 0 Å². The third-order valence-electron chi connectivity index (χ3n) is 3.59. The third-order valence-corrected chi connectivity index (χ3v) is 4.04. The second-order valence-corrected chi connectivity index (χ2v) is 6.17. The van der Waals surface area contributed by atoms with Gasteiger partial charge in [-0.1, -0.05) is 54.1 Å². The maximum atomic E-state index is 12.3. The van der Waals surface area contributed by atoms with E-state index >= 15 is 0 Å². The van der Waals surface area contributed by atoms with Gasteiger partial charge in [0.25, 0.3) is 0 Å². The van der Waals surface area contributed by atoms with Crippen molar-refractivity contribution in [1.82, 2.24) is 5.32 Å². The molecular formula is C19H15ClN2OS. The Hall–Kier alpha value is -2.43. The zero-order valence-corrected chi connectivity index (χ0v) is 14.3. The molecule has 3 nitrogen and oxygen atoms in total. The van der Waals surface area contributed by atoms with Crippen LogP contribution in [0.2, 0.25) is 5.02 Å². The lowest BCUT2D eigenvalue weighted by molar-refractivity contribution is -0.119. The molecule has 0 aliphatic rings. The fourth-order valence-corrected chi connectivity index (χ4v) is 2.84. The highest BCUT2D eigenvalue weighted by atomic mass is 35.5. The van der Waals surface area contributed by atoms with E-state index in [9.17, 15) is 4.79 Å². The van der Waals surface area contributed by atoms with Gasteiger partial charge in [-0.2, -0.15) is 0 Å². The summed E-state index contributed by atoms with van der Waals surface area (Å²) in [5, 5.41) is 8.77. The Morgan fingerprint density at radius 1 is 0.958 bits per heavy atom. The van der Waals surface area contributed by atoms with Crippen LogP contribution in [0.4, 0.5) is 5.69 Å². The summed E-state index contributed by atoms with van der Waals surface area (Å²) in [6, 6.07) is 21.0. The van der Waals surface area contributed by atoms with Crippen LogP contribution in [0.5, 0.6) is 0 Å². The smallest absolute Gasteiger partial charge is 0.230 e.